The highest BCUT2D eigenvalue weighted by molar-refractivity contribution is 9.10. The maximum atomic E-state index is 11.9. The Bertz CT molecular complexity index is 436. The number of rotatable bonds is 7. The molecule has 6 heteroatoms. The van der Waals surface area contributed by atoms with Crippen molar-refractivity contribution in [1.29, 1.82) is 0 Å². The molecule has 1 rings (SSSR count). The molecule has 4 nitrogen and oxygen atoms in total. The third kappa shape index (κ3) is 6.11. The molecule has 0 aliphatic rings. The standard InChI is InChI=1S/C13H16BrNO3S/c1-9(10-2-4-11(14)5-3-10)13(18)15-6-7-19-8-12(16)17/h2-5,9H,6-8H2,1H3,(H,15,18)(H,16,17). The lowest BCUT2D eigenvalue weighted by Crippen LogP contribution is -2.30. The van der Waals surface area contributed by atoms with Crippen LogP contribution in [0.25, 0.3) is 0 Å². The lowest BCUT2D eigenvalue weighted by atomic mass is 10.0. The van der Waals surface area contributed by atoms with E-state index in [1.807, 2.05) is 31.2 Å². The first kappa shape index (κ1) is 16.0. The fourth-order valence-corrected chi connectivity index (χ4v) is 2.29. The number of carbonyl (C=O) groups excluding carboxylic acids is 1. The van der Waals surface area contributed by atoms with E-state index in [4.69, 9.17) is 5.11 Å². The van der Waals surface area contributed by atoms with Crippen molar-refractivity contribution in [3.63, 3.8) is 0 Å². The van der Waals surface area contributed by atoms with Gasteiger partial charge in [-0.05, 0) is 24.6 Å². The van der Waals surface area contributed by atoms with Crippen LogP contribution in [0.2, 0.25) is 0 Å². The van der Waals surface area contributed by atoms with Gasteiger partial charge in [0.1, 0.15) is 0 Å². The van der Waals surface area contributed by atoms with Crippen LogP contribution in [0.1, 0.15) is 18.4 Å². The van der Waals surface area contributed by atoms with Crippen LogP contribution < -0.4 is 5.32 Å². The Morgan fingerprint density at radius 3 is 2.58 bits per heavy atom. The van der Waals surface area contributed by atoms with Crippen LogP contribution in [0.3, 0.4) is 0 Å². The summed E-state index contributed by atoms with van der Waals surface area (Å²) in [5, 5.41) is 11.3. The summed E-state index contributed by atoms with van der Waals surface area (Å²) in [5.74, 6) is -0.418. The summed E-state index contributed by atoms with van der Waals surface area (Å²) in [4.78, 5) is 22.2. The van der Waals surface area contributed by atoms with Gasteiger partial charge in [0.25, 0.3) is 0 Å². The van der Waals surface area contributed by atoms with Crippen LogP contribution in [-0.2, 0) is 9.59 Å². The van der Waals surface area contributed by atoms with Crippen LogP contribution >= 0.6 is 27.7 Å². The van der Waals surface area contributed by atoms with Gasteiger partial charge >= 0.3 is 5.97 Å². The molecule has 0 bridgehead atoms. The molecule has 0 aliphatic heterocycles. The predicted molar refractivity (Wildman–Crippen MR) is 80.5 cm³/mol. The van der Waals surface area contributed by atoms with Gasteiger partial charge in [-0.25, -0.2) is 0 Å². The van der Waals surface area contributed by atoms with E-state index in [-0.39, 0.29) is 17.6 Å². The Morgan fingerprint density at radius 1 is 1.37 bits per heavy atom. The van der Waals surface area contributed by atoms with E-state index in [0.717, 1.165) is 10.0 Å². The Balaban J connectivity index is 2.32. The molecule has 0 aliphatic carbocycles. The molecule has 1 amide bonds. The molecule has 0 aromatic heterocycles. The molecule has 2 N–H and O–H groups in total. The zero-order chi connectivity index (χ0) is 14.3. The van der Waals surface area contributed by atoms with E-state index in [1.165, 1.54) is 11.8 Å². The van der Waals surface area contributed by atoms with Crippen LogP contribution in [0.15, 0.2) is 28.7 Å². The molecule has 1 unspecified atom stereocenters. The lowest BCUT2D eigenvalue weighted by molar-refractivity contribution is -0.133. The summed E-state index contributed by atoms with van der Waals surface area (Å²) in [6.45, 7) is 2.33. The number of nitrogens with one attached hydrogen (secondary N) is 1. The van der Waals surface area contributed by atoms with Crippen LogP contribution in [0, 0.1) is 0 Å². The number of hydrogen-bond donors (Lipinski definition) is 2. The van der Waals surface area contributed by atoms with Gasteiger partial charge in [-0.3, -0.25) is 9.59 Å². The monoisotopic (exact) mass is 345 g/mol. The Kier molecular flexibility index (Phi) is 6.94. The number of hydrogen-bond acceptors (Lipinski definition) is 3. The minimum Gasteiger partial charge on any atom is -0.481 e. The van der Waals surface area contributed by atoms with Crippen molar-refractivity contribution in [3.05, 3.63) is 34.3 Å². The lowest BCUT2D eigenvalue weighted by Gasteiger charge is -2.12. The largest absolute Gasteiger partial charge is 0.481 e. The number of carbonyl (C=O) groups is 2. The summed E-state index contributed by atoms with van der Waals surface area (Å²) in [7, 11) is 0. The average Bonchev–Trinajstić information content (AvgIpc) is 2.37. The second-order valence-electron chi connectivity index (χ2n) is 4.01. The first-order valence-corrected chi connectivity index (χ1v) is 7.78. The van der Waals surface area contributed by atoms with E-state index < -0.39 is 5.97 Å². The van der Waals surface area contributed by atoms with Gasteiger partial charge in [-0.2, -0.15) is 0 Å². The van der Waals surface area contributed by atoms with Crippen molar-refractivity contribution in [2.24, 2.45) is 0 Å². The van der Waals surface area contributed by atoms with Gasteiger partial charge in [0, 0.05) is 16.8 Å². The Morgan fingerprint density at radius 2 is 2.00 bits per heavy atom. The van der Waals surface area contributed by atoms with Gasteiger partial charge in [0.15, 0.2) is 0 Å². The van der Waals surface area contributed by atoms with Crippen LogP contribution in [-0.4, -0.2) is 35.0 Å². The molecule has 1 aromatic carbocycles. The normalized spacial score (nSPS) is 11.9. The first-order valence-electron chi connectivity index (χ1n) is 5.83. The van der Waals surface area contributed by atoms with Crippen LogP contribution in [0.5, 0.6) is 0 Å². The maximum absolute atomic E-state index is 11.9. The molecule has 19 heavy (non-hydrogen) atoms. The quantitative estimate of drug-likeness (QED) is 0.745. The van der Waals surface area contributed by atoms with Gasteiger partial charge in [0.05, 0.1) is 11.7 Å². The molecule has 0 heterocycles. The molecule has 0 radical (unpaired) electrons. The summed E-state index contributed by atoms with van der Waals surface area (Å²) < 4.78 is 0.980. The summed E-state index contributed by atoms with van der Waals surface area (Å²) in [6.07, 6.45) is 0. The number of aliphatic carboxylic acids is 1. The smallest absolute Gasteiger partial charge is 0.313 e. The minimum atomic E-state index is -0.834. The van der Waals surface area contributed by atoms with Gasteiger partial charge in [-0.1, -0.05) is 28.1 Å². The zero-order valence-electron chi connectivity index (χ0n) is 10.6. The fourth-order valence-electron chi connectivity index (χ4n) is 1.46. The van der Waals surface area contributed by atoms with Crippen molar-refractivity contribution < 1.29 is 14.7 Å². The molecule has 1 aromatic rings. The SMILES string of the molecule is CC(C(=O)NCCSCC(=O)O)c1ccc(Br)cc1. The zero-order valence-corrected chi connectivity index (χ0v) is 13.0. The number of halogens is 1. The van der Waals surface area contributed by atoms with Crippen molar-refractivity contribution in [2.45, 2.75) is 12.8 Å². The van der Waals surface area contributed by atoms with Gasteiger partial charge in [0.2, 0.25) is 5.91 Å². The molecule has 0 spiro atoms. The van der Waals surface area contributed by atoms with Crippen molar-refractivity contribution in [2.75, 3.05) is 18.1 Å². The van der Waals surface area contributed by atoms with Crippen LogP contribution in [0.4, 0.5) is 0 Å². The molecule has 104 valence electrons. The second kappa shape index (κ2) is 8.22. The van der Waals surface area contributed by atoms with Crippen molar-refractivity contribution >= 4 is 39.6 Å². The molecule has 0 saturated heterocycles. The van der Waals surface area contributed by atoms with Crippen molar-refractivity contribution in [1.82, 2.24) is 5.32 Å². The topological polar surface area (TPSA) is 66.4 Å². The highest BCUT2D eigenvalue weighted by Gasteiger charge is 2.14. The van der Waals surface area contributed by atoms with Gasteiger partial charge in [-0.15, -0.1) is 11.8 Å². The number of carboxylic acids is 1. The molecule has 0 fully saturated rings. The van der Waals surface area contributed by atoms with E-state index in [0.29, 0.717) is 12.3 Å². The third-order valence-corrected chi connectivity index (χ3v) is 4.01. The molecular weight excluding hydrogens is 330 g/mol. The number of thioether (sulfide) groups is 1. The average molecular weight is 346 g/mol. The van der Waals surface area contributed by atoms with E-state index in [9.17, 15) is 9.59 Å². The molecule has 0 saturated carbocycles. The van der Waals surface area contributed by atoms with E-state index >= 15 is 0 Å². The third-order valence-electron chi connectivity index (χ3n) is 2.53. The number of amides is 1. The molecular formula is C13H16BrNO3S. The number of benzene rings is 1. The Hall–Kier alpha value is -1.01. The fraction of sp³-hybridized carbons (Fsp3) is 0.385. The minimum absolute atomic E-state index is 0.0433. The van der Waals surface area contributed by atoms with Gasteiger partial charge < -0.3 is 10.4 Å². The second-order valence-corrected chi connectivity index (χ2v) is 6.03. The maximum Gasteiger partial charge on any atom is 0.313 e. The summed E-state index contributed by atoms with van der Waals surface area (Å²) >= 11 is 4.64. The number of carboxylic acid groups (broad SMARTS) is 1. The summed E-state index contributed by atoms with van der Waals surface area (Å²) in [6, 6.07) is 7.63. The highest BCUT2D eigenvalue weighted by atomic mass is 79.9. The van der Waals surface area contributed by atoms with Crippen molar-refractivity contribution in [3.8, 4) is 0 Å². The summed E-state index contributed by atoms with van der Waals surface area (Å²) in [5.41, 5.74) is 0.957. The Labute approximate surface area is 125 Å². The first-order chi connectivity index (χ1) is 9.00. The van der Waals surface area contributed by atoms with E-state index in [2.05, 4.69) is 21.2 Å². The highest BCUT2D eigenvalue weighted by Crippen LogP contribution is 2.18. The van der Waals surface area contributed by atoms with E-state index in [1.54, 1.807) is 0 Å². The molecule has 1 atom stereocenters. The predicted octanol–water partition coefficient (Wildman–Crippen LogP) is 2.49.